The fraction of sp³-hybridized carbons (Fsp3) is 0.278. The number of nitrogens with one attached hydrogen (secondary N) is 1. The van der Waals surface area contributed by atoms with Crippen LogP contribution in [-0.2, 0) is 12.8 Å². The third kappa shape index (κ3) is 3.42. The minimum atomic E-state index is -0.0239. The van der Waals surface area contributed by atoms with Crippen molar-refractivity contribution in [2.24, 2.45) is 0 Å². The Morgan fingerprint density at radius 3 is 2.68 bits per heavy atom. The van der Waals surface area contributed by atoms with Crippen molar-refractivity contribution in [1.29, 1.82) is 0 Å². The zero-order valence-electron chi connectivity index (χ0n) is 12.6. The molecule has 116 valence electrons. The lowest BCUT2D eigenvalue weighted by molar-refractivity contribution is 0.0933. The maximum absolute atomic E-state index is 12.4. The molecular formula is C18H21ClN2O. The first-order valence-electron chi connectivity index (χ1n) is 7.37. The molecule has 2 aromatic rings. The van der Waals surface area contributed by atoms with Crippen LogP contribution >= 0.6 is 12.4 Å². The summed E-state index contributed by atoms with van der Waals surface area (Å²) in [4.78, 5) is 12.4. The first kappa shape index (κ1) is 16.4. The molecule has 0 aliphatic heterocycles. The van der Waals surface area contributed by atoms with Crippen LogP contribution in [0.2, 0.25) is 0 Å². The van der Waals surface area contributed by atoms with Crippen molar-refractivity contribution in [3.8, 4) is 0 Å². The number of hydrogen-bond acceptors (Lipinski definition) is 2. The number of carbonyl (C=O) groups excluding carboxylic acids is 1. The average Bonchev–Trinajstić information content (AvgIpc) is 2.49. The van der Waals surface area contributed by atoms with Gasteiger partial charge in [0.05, 0.1) is 0 Å². The van der Waals surface area contributed by atoms with E-state index in [1.807, 2.05) is 19.1 Å². The summed E-state index contributed by atoms with van der Waals surface area (Å²) >= 11 is 0. The number of hydrogen-bond donors (Lipinski definition) is 2. The van der Waals surface area contributed by atoms with E-state index in [0.29, 0.717) is 11.3 Å². The van der Waals surface area contributed by atoms with Crippen LogP contribution in [0, 0.1) is 6.92 Å². The number of fused-ring (bicyclic) bond motifs is 1. The molecule has 0 spiro atoms. The molecule has 0 saturated heterocycles. The van der Waals surface area contributed by atoms with Gasteiger partial charge in [-0.15, -0.1) is 12.4 Å². The topological polar surface area (TPSA) is 55.1 Å². The minimum Gasteiger partial charge on any atom is -0.399 e. The number of nitrogen functional groups attached to an aromatic ring is 1. The van der Waals surface area contributed by atoms with Gasteiger partial charge in [-0.25, -0.2) is 0 Å². The first-order valence-corrected chi connectivity index (χ1v) is 7.37. The Labute approximate surface area is 137 Å². The summed E-state index contributed by atoms with van der Waals surface area (Å²) in [5.41, 5.74) is 10.8. The molecule has 1 aliphatic rings. The van der Waals surface area contributed by atoms with Crippen LogP contribution in [0.4, 0.5) is 5.69 Å². The second-order valence-corrected chi connectivity index (χ2v) is 5.76. The van der Waals surface area contributed by atoms with E-state index in [1.54, 1.807) is 6.07 Å². The number of amides is 1. The number of rotatable bonds is 2. The molecule has 0 fully saturated rings. The maximum Gasteiger partial charge on any atom is 0.251 e. The predicted molar refractivity (Wildman–Crippen MR) is 92.6 cm³/mol. The summed E-state index contributed by atoms with van der Waals surface area (Å²) in [6.07, 6.45) is 2.92. The molecule has 4 heteroatoms. The van der Waals surface area contributed by atoms with Gasteiger partial charge in [0.25, 0.3) is 5.91 Å². The monoisotopic (exact) mass is 316 g/mol. The van der Waals surface area contributed by atoms with E-state index in [2.05, 4.69) is 29.6 Å². The van der Waals surface area contributed by atoms with E-state index in [4.69, 9.17) is 5.73 Å². The van der Waals surface area contributed by atoms with Crippen molar-refractivity contribution >= 4 is 24.0 Å². The fourth-order valence-electron chi connectivity index (χ4n) is 2.97. The van der Waals surface area contributed by atoms with E-state index in [1.165, 1.54) is 11.1 Å². The standard InChI is InChI=1S/C18H20N2O.ClH/c1-12-6-8-15(19)11-17(12)18(21)20-16-9-7-13-4-2-3-5-14(13)10-16;/h2-6,8,11,16H,7,9-10,19H2,1H3,(H,20,21);1H. The third-order valence-corrected chi connectivity index (χ3v) is 4.19. The molecule has 2 aromatic carbocycles. The molecule has 3 rings (SSSR count). The molecule has 3 N–H and O–H groups in total. The Kier molecular flexibility index (Phi) is 5.09. The van der Waals surface area contributed by atoms with Crippen molar-refractivity contribution in [2.45, 2.75) is 32.2 Å². The highest BCUT2D eigenvalue weighted by Crippen LogP contribution is 2.21. The SMILES string of the molecule is Cc1ccc(N)cc1C(=O)NC1CCc2ccccc2C1.Cl. The molecule has 1 amide bonds. The Balaban J connectivity index is 0.00000176. The first-order chi connectivity index (χ1) is 10.1. The van der Waals surface area contributed by atoms with Gasteiger partial charge in [0.15, 0.2) is 0 Å². The Bertz CT molecular complexity index is 685. The van der Waals surface area contributed by atoms with E-state index >= 15 is 0 Å². The summed E-state index contributed by atoms with van der Waals surface area (Å²) in [7, 11) is 0. The van der Waals surface area contributed by atoms with Crippen LogP contribution in [0.5, 0.6) is 0 Å². The van der Waals surface area contributed by atoms with Crippen molar-refractivity contribution < 1.29 is 4.79 Å². The number of nitrogens with two attached hydrogens (primary N) is 1. The van der Waals surface area contributed by atoms with Gasteiger partial charge in [-0.05, 0) is 55.0 Å². The van der Waals surface area contributed by atoms with Gasteiger partial charge in [-0.2, -0.15) is 0 Å². The minimum absolute atomic E-state index is 0. The number of carbonyl (C=O) groups is 1. The zero-order valence-corrected chi connectivity index (χ0v) is 13.5. The largest absolute Gasteiger partial charge is 0.399 e. The van der Waals surface area contributed by atoms with Gasteiger partial charge >= 0.3 is 0 Å². The molecule has 1 atom stereocenters. The molecule has 0 bridgehead atoms. The summed E-state index contributed by atoms with van der Waals surface area (Å²) in [5.74, 6) is -0.0239. The number of halogens is 1. The number of aryl methyl sites for hydroxylation is 2. The normalized spacial score (nSPS) is 16.3. The highest BCUT2D eigenvalue weighted by Gasteiger charge is 2.21. The van der Waals surface area contributed by atoms with Gasteiger partial charge in [-0.1, -0.05) is 30.3 Å². The number of benzene rings is 2. The predicted octanol–water partition coefficient (Wildman–Crippen LogP) is 3.29. The second-order valence-electron chi connectivity index (χ2n) is 5.76. The van der Waals surface area contributed by atoms with Gasteiger partial charge in [0, 0.05) is 17.3 Å². The molecule has 0 heterocycles. The number of anilines is 1. The van der Waals surface area contributed by atoms with Gasteiger partial charge < -0.3 is 11.1 Å². The second kappa shape index (κ2) is 6.84. The van der Waals surface area contributed by atoms with E-state index in [9.17, 15) is 4.79 Å². The molecule has 0 radical (unpaired) electrons. The highest BCUT2D eigenvalue weighted by atomic mass is 35.5. The molecule has 0 aromatic heterocycles. The van der Waals surface area contributed by atoms with Crippen LogP contribution in [0.25, 0.3) is 0 Å². The molecule has 0 saturated carbocycles. The van der Waals surface area contributed by atoms with Gasteiger partial charge in [-0.3, -0.25) is 4.79 Å². The summed E-state index contributed by atoms with van der Waals surface area (Å²) in [6.45, 7) is 1.94. The van der Waals surface area contributed by atoms with Gasteiger partial charge in [0.2, 0.25) is 0 Å². The third-order valence-electron chi connectivity index (χ3n) is 4.19. The Morgan fingerprint density at radius 2 is 1.91 bits per heavy atom. The summed E-state index contributed by atoms with van der Waals surface area (Å²) < 4.78 is 0. The lowest BCUT2D eigenvalue weighted by Crippen LogP contribution is -2.39. The van der Waals surface area contributed by atoms with Crippen LogP contribution in [0.1, 0.15) is 33.5 Å². The van der Waals surface area contributed by atoms with Crippen LogP contribution in [0.3, 0.4) is 0 Å². The highest BCUT2D eigenvalue weighted by molar-refractivity contribution is 5.96. The van der Waals surface area contributed by atoms with E-state index < -0.39 is 0 Å². The quantitative estimate of drug-likeness (QED) is 0.835. The Hall–Kier alpha value is -2.00. The van der Waals surface area contributed by atoms with Crippen LogP contribution in [0.15, 0.2) is 42.5 Å². The molecule has 1 aliphatic carbocycles. The molecule has 1 unspecified atom stereocenters. The van der Waals surface area contributed by atoms with Gasteiger partial charge in [0.1, 0.15) is 0 Å². The average molecular weight is 317 g/mol. The van der Waals surface area contributed by atoms with E-state index in [-0.39, 0.29) is 24.4 Å². The smallest absolute Gasteiger partial charge is 0.251 e. The van der Waals surface area contributed by atoms with Crippen molar-refractivity contribution in [2.75, 3.05) is 5.73 Å². The fourth-order valence-corrected chi connectivity index (χ4v) is 2.97. The van der Waals surface area contributed by atoms with Crippen molar-refractivity contribution in [3.05, 3.63) is 64.7 Å². The van der Waals surface area contributed by atoms with E-state index in [0.717, 1.165) is 24.8 Å². The maximum atomic E-state index is 12.4. The lowest BCUT2D eigenvalue weighted by Gasteiger charge is -2.25. The molecule has 22 heavy (non-hydrogen) atoms. The summed E-state index contributed by atoms with van der Waals surface area (Å²) in [6, 6.07) is 14.1. The Morgan fingerprint density at radius 1 is 1.18 bits per heavy atom. The van der Waals surface area contributed by atoms with Crippen molar-refractivity contribution in [1.82, 2.24) is 5.32 Å². The molecule has 3 nitrogen and oxygen atoms in total. The van der Waals surface area contributed by atoms with Crippen LogP contribution in [-0.4, -0.2) is 11.9 Å². The zero-order chi connectivity index (χ0) is 14.8. The van der Waals surface area contributed by atoms with Crippen LogP contribution < -0.4 is 11.1 Å². The van der Waals surface area contributed by atoms with Crippen molar-refractivity contribution in [3.63, 3.8) is 0 Å². The molecular weight excluding hydrogens is 296 g/mol. The summed E-state index contributed by atoms with van der Waals surface area (Å²) in [5, 5.41) is 3.15. The lowest BCUT2D eigenvalue weighted by atomic mass is 9.88.